The van der Waals surface area contributed by atoms with Gasteiger partial charge in [0.2, 0.25) is 0 Å². The van der Waals surface area contributed by atoms with Crippen molar-refractivity contribution in [2.45, 2.75) is 17.8 Å². The number of hydrazine groups is 1. The standard InChI is InChI=1S/C11H13N5S/c1-8-5-14-11(15-6-8)17-7-9-3-2-4-13-10(9)16-12/h2-6H,7,12H2,1H3,(H,13,16). The Bertz CT molecular complexity index is 485. The number of thioether (sulfide) groups is 1. The van der Waals surface area contributed by atoms with E-state index in [1.165, 1.54) is 0 Å². The van der Waals surface area contributed by atoms with Crippen LogP contribution in [0.1, 0.15) is 11.1 Å². The summed E-state index contributed by atoms with van der Waals surface area (Å²) in [6, 6.07) is 3.86. The van der Waals surface area contributed by atoms with Gasteiger partial charge in [-0.15, -0.1) is 0 Å². The highest BCUT2D eigenvalue weighted by atomic mass is 32.2. The summed E-state index contributed by atoms with van der Waals surface area (Å²) in [6.07, 6.45) is 5.31. The zero-order valence-electron chi connectivity index (χ0n) is 9.42. The third-order valence-corrected chi connectivity index (χ3v) is 3.07. The highest BCUT2D eigenvalue weighted by molar-refractivity contribution is 7.98. The van der Waals surface area contributed by atoms with Gasteiger partial charge in [-0.25, -0.2) is 20.8 Å². The van der Waals surface area contributed by atoms with Crippen LogP contribution in [0.2, 0.25) is 0 Å². The topological polar surface area (TPSA) is 76.7 Å². The first-order chi connectivity index (χ1) is 8.29. The van der Waals surface area contributed by atoms with Crippen LogP contribution in [-0.2, 0) is 5.75 Å². The van der Waals surface area contributed by atoms with Crippen LogP contribution in [0.5, 0.6) is 0 Å². The Morgan fingerprint density at radius 1 is 1.29 bits per heavy atom. The zero-order chi connectivity index (χ0) is 12.1. The predicted molar refractivity (Wildman–Crippen MR) is 68.4 cm³/mol. The third-order valence-electron chi connectivity index (χ3n) is 2.14. The van der Waals surface area contributed by atoms with Crippen molar-refractivity contribution < 1.29 is 0 Å². The first kappa shape index (κ1) is 11.8. The number of aromatic nitrogens is 3. The fraction of sp³-hybridized carbons (Fsp3) is 0.182. The van der Waals surface area contributed by atoms with Crippen LogP contribution < -0.4 is 11.3 Å². The van der Waals surface area contributed by atoms with Crippen molar-refractivity contribution in [1.82, 2.24) is 15.0 Å². The summed E-state index contributed by atoms with van der Waals surface area (Å²) in [4.78, 5) is 12.6. The van der Waals surface area contributed by atoms with E-state index >= 15 is 0 Å². The lowest BCUT2D eigenvalue weighted by Crippen LogP contribution is -2.10. The number of rotatable bonds is 4. The summed E-state index contributed by atoms with van der Waals surface area (Å²) in [7, 11) is 0. The van der Waals surface area contributed by atoms with Crippen LogP contribution in [0.3, 0.4) is 0 Å². The van der Waals surface area contributed by atoms with Gasteiger partial charge in [-0.2, -0.15) is 0 Å². The number of anilines is 1. The second-order valence-electron chi connectivity index (χ2n) is 3.49. The molecule has 2 aromatic rings. The van der Waals surface area contributed by atoms with Crippen LogP contribution in [-0.4, -0.2) is 15.0 Å². The number of pyridine rings is 1. The molecular formula is C11H13N5S. The molecular weight excluding hydrogens is 234 g/mol. The number of nitrogen functional groups attached to an aromatic ring is 1. The van der Waals surface area contributed by atoms with Gasteiger partial charge >= 0.3 is 0 Å². The Morgan fingerprint density at radius 2 is 2.06 bits per heavy atom. The van der Waals surface area contributed by atoms with E-state index in [1.807, 2.05) is 19.1 Å². The average molecular weight is 247 g/mol. The molecule has 0 unspecified atom stereocenters. The van der Waals surface area contributed by atoms with Gasteiger partial charge in [-0.05, 0) is 18.6 Å². The van der Waals surface area contributed by atoms with E-state index in [-0.39, 0.29) is 0 Å². The fourth-order valence-electron chi connectivity index (χ4n) is 1.28. The molecule has 2 rings (SSSR count). The van der Waals surface area contributed by atoms with E-state index in [0.717, 1.165) is 22.0 Å². The van der Waals surface area contributed by atoms with Crippen molar-refractivity contribution in [2.24, 2.45) is 5.84 Å². The van der Waals surface area contributed by atoms with E-state index < -0.39 is 0 Å². The molecule has 0 spiro atoms. The lowest BCUT2D eigenvalue weighted by molar-refractivity contribution is 0.949. The van der Waals surface area contributed by atoms with Crippen LogP contribution in [0.25, 0.3) is 0 Å². The summed E-state index contributed by atoms with van der Waals surface area (Å²) in [5.74, 6) is 6.81. The highest BCUT2D eigenvalue weighted by Crippen LogP contribution is 2.22. The average Bonchev–Trinajstić information content (AvgIpc) is 2.38. The Morgan fingerprint density at radius 3 is 2.76 bits per heavy atom. The monoisotopic (exact) mass is 247 g/mol. The second kappa shape index (κ2) is 5.60. The van der Waals surface area contributed by atoms with E-state index in [1.54, 1.807) is 30.4 Å². The minimum atomic E-state index is 0.687. The van der Waals surface area contributed by atoms with Crippen molar-refractivity contribution in [3.8, 4) is 0 Å². The molecule has 0 fully saturated rings. The largest absolute Gasteiger partial charge is 0.308 e. The molecule has 2 heterocycles. The SMILES string of the molecule is Cc1cnc(SCc2cccnc2NN)nc1. The fourth-order valence-corrected chi connectivity index (χ4v) is 2.05. The maximum absolute atomic E-state index is 5.39. The zero-order valence-corrected chi connectivity index (χ0v) is 10.2. The van der Waals surface area contributed by atoms with Crippen molar-refractivity contribution in [3.05, 3.63) is 41.9 Å². The quantitative estimate of drug-likeness (QED) is 0.371. The van der Waals surface area contributed by atoms with Gasteiger partial charge in [0.15, 0.2) is 5.16 Å². The molecule has 2 aromatic heterocycles. The lowest BCUT2D eigenvalue weighted by atomic mass is 10.3. The molecule has 0 aliphatic rings. The van der Waals surface area contributed by atoms with E-state index in [2.05, 4.69) is 20.4 Å². The van der Waals surface area contributed by atoms with Crippen LogP contribution >= 0.6 is 11.8 Å². The summed E-state index contributed by atoms with van der Waals surface area (Å²) in [5, 5.41) is 0.752. The Kier molecular flexibility index (Phi) is 3.89. The van der Waals surface area contributed by atoms with Crippen molar-refractivity contribution in [2.75, 3.05) is 5.43 Å². The van der Waals surface area contributed by atoms with Gasteiger partial charge in [0.25, 0.3) is 0 Å². The molecule has 17 heavy (non-hydrogen) atoms. The maximum atomic E-state index is 5.39. The molecule has 0 radical (unpaired) electrons. The predicted octanol–water partition coefficient (Wildman–Crippen LogP) is 1.76. The molecule has 0 atom stereocenters. The second-order valence-corrected chi connectivity index (χ2v) is 4.43. The molecule has 0 saturated carbocycles. The summed E-state index contributed by atoms with van der Waals surface area (Å²) < 4.78 is 0. The third kappa shape index (κ3) is 3.15. The van der Waals surface area contributed by atoms with Gasteiger partial charge in [0.1, 0.15) is 5.82 Å². The molecule has 88 valence electrons. The molecule has 5 nitrogen and oxygen atoms in total. The Balaban J connectivity index is 2.04. The lowest BCUT2D eigenvalue weighted by Gasteiger charge is -2.06. The molecule has 0 aliphatic heterocycles. The van der Waals surface area contributed by atoms with E-state index in [9.17, 15) is 0 Å². The van der Waals surface area contributed by atoms with Gasteiger partial charge < -0.3 is 5.43 Å². The number of nitrogens with zero attached hydrogens (tertiary/aromatic N) is 3. The van der Waals surface area contributed by atoms with Crippen molar-refractivity contribution in [1.29, 1.82) is 0 Å². The smallest absolute Gasteiger partial charge is 0.187 e. The number of nitrogens with one attached hydrogen (secondary N) is 1. The van der Waals surface area contributed by atoms with Crippen LogP contribution in [0.4, 0.5) is 5.82 Å². The van der Waals surface area contributed by atoms with Crippen molar-refractivity contribution in [3.63, 3.8) is 0 Å². The minimum absolute atomic E-state index is 0.687. The van der Waals surface area contributed by atoms with Gasteiger partial charge in [-0.1, -0.05) is 17.8 Å². The first-order valence-corrected chi connectivity index (χ1v) is 6.10. The van der Waals surface area contributed by atoms with E-state index in [0.29, 0.717) is 5.82 Å². The summed E-state index contributed by atoms with van der Waals surface area (Å²) in [5.41, 5.74) is 4.66. The summed E-state index contributed by atoms with van der Waals surface area (Å²) >= 11 is 1.55. The number of hydrogen-bond acceptors (Lipinski definition) is 6. The van der Waals surface area contributed by atoms with Gasteiger partial charge in [0.05, 0.1) is 0 Å². The van der Waals surface area contributed by atoms with Crippen LogP contribution in [0, 0.1) is 6.92 Å². The Labute approximate surface area is 104 Å². The number of nitrogens with two attached hydrogens (primary N) is 1. The molecule has 3 N–H and O–H groups in total. The van der Waals surface area contributed by atoms with E-state index in [4.69, 9.17) is 5.84 Å². The number of aryl methyl sites for hydroxylation is 1. The molecule has 0 amide bonds. The molecule has 0 aliphatic carbocycles. The van der Waals surface area contributed by atoms with Gasteiger partial charge in [0, 0.05) is 29.9 Å². The normalized spacial score (nSPS) is 10.2. The van der Waals surface area contributed by atoms with Crippen LogP contribution in [0.15, 0.2) is 35.9 Å². The van der Waals surface area contributed by atoms with Gasteiger partial charge in [-0.3, -0.25) is 0 Å². The van der Waals surface area contributed by atoms with Crippen molar-refractivity contribution >= 4 is 17.6 Å². The first-order valence-electron chi connectivity index (χ1n) is 5.11. The maximum Gasteiger partial charge on any atom is 0.187 e. The molecule has 0 saturated heterocycles. The molecule has 6 heteroatoms. The molecule has 0 aromatic carbocycles. The molecule has 0 bridgehead atoms. The Hall–Kier alpha value is -1.66. The number of hydrogen-bond donors (Lipinski definition) is 2. The summed E-state index contributed by atoms with van der Waals surface area (Å²) in [6.45, 7) is 1.96. The minimum Gasteiger partial charge on any atom is -0.308 e. The highest BCUT2D eigenvalue weighted by Gasteiger charge is 2.03.